The van der Waals surface area contributed by atoms with E-state index in [0.29, 0.717) is 11.3 Å². The molecule has 0 fully saturated rings. The lowest BCUT2D eigenvalue weighted by atomic mass is 9.95. The van der Waals surface area contributed by atoms with E-state index in [4.69, 9.17) is 0 Å². The van der Waals surface area contributed by atoms with Gasteiger partial charge in [0, 0.05) is 5.69 Å². The first kappa shape index (κ1) is 21.5. The van der Waals surface area contributed by atoms with Crippen molar-refractivity contribution in [1.82, 2.24) is 0 Å². The lowest BCUT2D eigenvalue weighted by molar-refractivity contribution is -0.134. The number of rotatable bonds is 8. The molecule has 0 aliphatic rings. The molecule has 0 spiro atoms. The van der Waals surface area contributed by atoms with Gasteiger partial charge in [-0.1, -0.05) is 72.8 Å². The number of para-hydroxylation sites is 1. The van der Waals surface area contributed by atoms with Crippen molar-refractivity contribution >= 4 is 35.3 Å². The monoisotopic (exact) mass is 411 g/mol. The number of aromatic hydroxyl groups is 1. The molecule has 0 radical (unpaired) electrons. The molecule has 0 bridgehead atoms. The van der Waals surface area contributed by atoms with Crippen LogP contribution >= 0.6 is 0 Å². The maximum atomic E-state index is 12.8. The zero-order valence-corrected chi connectivity index (χ0v) is 16.6. The number of anilines is 1. The number of ketones is 2. The maximum absolute atomic E-state index is 12.8. The van der Waals surface area contributed by atoms with Crippen LogP contribution in [0.2, 0.25) is 0 Å². The molecule has 0 aromatic heterocycles. The SMILES string of the molecule is O=C(/C=C/c1ccccc1)C(C(=O)/C=C/c1ccc(O)cc1)C(=O)Nc1ccccc1. The third-order valence-corrected chi connectivity index (χ3v) is 4.45. The van der Waals surface area contributed by atoms with Crippen LogP contribution in [0.5, 0.6) is 5.75 Å². The normalized spacial score (nSPS) is 12.0. The van der Waals surface area contributed by atoms with Gasteiger partial charge in [0.2, 0.25) is 5.91 Å². The fourth-order valence-electron chi connectivity index (χ4n) is 2.83. The average molecular weight is 411 g/mol. The fraction of sp³-hybridized carbons (Fsp3) is 0.0385. The van der Waals surface area contributed by atoms with Gasteiger partial charge >= 0.3 is 0 Å². The standard InChI is InChI=1S/C26H21NO4/c28-22-15-11-20(12-16-22)14-18-24(30)25(26(31)27-21-9-5-2-6-10-21)23(29)17-13-19-7-3-1-4-8-19/h1-18,25,28H,(H,27,31)/b17-13+,18-14+. The summed E-state index contributed by atoms with van der Waals surface area (Å²) in [6.45, 7) is 0. The number of carbonyl (C=O) groups excluding carboxylic acids is 3. The number of amides is 1. The van der Waals surface area contributed by atoms with Crippen molar-refractivity contribution in [3.8, 4) is 5.75 Å². The second kappa shape index (κ2) is 10.5. The van der Waals surface area contributed by atoms with Crippen LogP contribution in [0.1, 0.15) is 11.1 Å². The van der Waals surface area contributed by atoms with Crippen molar-refractivity contribution in [2.45, 2.75) is 0 Å². The van der Waals surface area contributed by atoms with Gasteiger partial charge in [0.25, 0.3) is 0 Å². The van der Waals surface area contributed by atoms with Gasteiger partial charge < -0.3 is 10.4 Å². The van der Waals surface area contributed by atoms with Gasteiger partial charge in [-0.2, -0.15) is 0 Å². The van der Waals surface area contributed by atoms with Crippen molar-refractivity contribution in [2.24, 2.45) is 5.92 Å². The number of carbonyl (C=O) groups is 3. The average Bonchev–Trinajstić information content (AvgIpc) is 2.79. The maximum Gasteiger partial charge on any atom is 0.243 e. The summed E-state index contributed by atoms with van der Waals surface area (Å²) in [5, 5.41) is 12.0. The van der Waals surface area contributed by atoms with Crippen LogP contribution in [0, 0.1) is 5.92 Å². The zero-order valence-electron chi connectivity index (χ0n) is 16.6. The Kier molecular flexibility index (Phi) is 7.27. The molecule has 3 aromatic carbocycles. The Bertz CT molecular complexity index is 1100. The molecule has 1 amide bonds. The molecular formula is C26H21NO4. The van der Waals surface area contributed by atoms with Gasteiger partial charge in [0.1, 0.15) is 5.75 Å². The minimum Gasteiger partial charge on any atom is -0.508 e. The molecule has 0 aliphatic heterocycles. The van der Waals surface area contributed by atoms with E-state index in [9.17, 15) is 19.5 Å². The third kappa shape index (κ3) is 6.37. The van der Waals surface area contributed by atoms with Crippen molar-refractivity contribution in [2.75, 3.05) is 5.32 Å². The Hall–Kier alpha value is -4.25. The van der Waals surface area contributed by atoms with E-state index in [2.05, 4.69) is 5.32 Å². The summed E-state index contributed by atoms with van der Waals surface area (Å²) in [6.07, 6.45) is 5.52. The van der Waals surface area contributed by atoms with E-state index in [0.717, 1.165) is 5.56 Å². The molecule has 2 N–H and O–H groups in total. The van der Waals surface area contributed by atoms with E-state index in [1.54, 1.807) is 48.5 Å². The number of hydrogen-bond donors (Lipinski definition) is 2. The van der Waals surface area contributed by atoms with E-state index >= 15 is 0 Å². The zero-order chi connectivity index (χ0) is 22.1. The Labute approximate surface area is 180 Å². The number of benzene rings is 3. The minimum absolute atomic E-state index is 0.102. The van der Waals surface area contributed by atoms with Crippen LogP contribution < -0.4 is 5.32 Å². The fourth-order valence-corrected chi connectivity index (χ4v) is 2.83. The quantitative estimate of drug-likeness (QED) is 0.422. The molecule has 31 heavy (non-hydrogen) atoms. The van der Waals surface area contributed by atoms with Crippen LogP contribution in [0.4, 0.5) is 5.69 Å². The highest BCUT2D eigenvalue weighted by Crippen LogP contribution is 2.15. The van der Waals surface area contributed by atoms with Crippen molar-refractivity contribution in [3.05, 3.63) is 108 Å². The number of allylic oxidation sites excluding steroid dienone is 2. The van der Waals surface area contributed by atoms with Crippen molar-refractivity contribution in [3.63, 3.8) is 0 Å². The molecule has 3 rings (SSSR count). The van der Waals surface area contributed by atoms with Gasteiger partial charge in [-0.3, -0.25) is 14.4 Å². The molecule has 1 unspecified atom stereocenters. The van der Waals surface area contributed by atoms with Crippen LogP contribution in [-0.2, 0) is 14.4 Å². The molecule has 5 heteroatoms. The highest BCUT2D eigenvalue weighted by Gasteiger charge is 2.30. The molecule has 0 heterocycles. The number of phenolic OH excluding ortho intramolecular Hbond substituents is 1. The second-order valence-corrected chi connectivity index (χ2v) is 6.76. The molecule has 0 saturated heterocycles. The second-order valence-electron chi connectivity index (χ2n) is 6.76. The summed E-state index contributed by atoms with van der Waals surface area (Å²) in [5.74, 6) is -3.37. The summed E-state index contributed by atoms with van der Waals surface area (Å²) >= 11 is 0. The lowest BCUT2D eigenvalue weighted by Gasteiger charge is -2.12. The summed E-state index contributed by atoms with van der Waals surface area (Å²) < 4.78 is 0. The number of nitrogens with one attached hydrogen (secondary N) is 1. The minimum atomic E-state index is -1.52. The van der Waals surface area contributed by atoms with Gasteiger partial charge in [0.15, 0.2) is 17.5 Å². The predicted octanol–water partition coefficient (Wildman–Crippen LogP) is 4.51. The van der Waals surface area contributed by atoms with E-state index in [1.807, 2.05) is 30.3 Å². The first-order chi connectivity index (χ1) is 15.0. The molecule has 3 aromatic rings. The lowest BCUT2D eigenvalue weighted by Crippen LogP contribution is -2.34. The van der Waals surface area contributed by atoms with E-state index in [1.165, 1.54) is 30.4 Å². The van der Waals surface area contributed by atoms with Crippen LogP contribution in [0.25, 0.3) is 12.2 Å². The Morgan fingerprint density at radius 1 is 0.677 bits per heavy atom. The Morgan fingerprint density at radius 2 is 1.16 bits per heavy atom. The predicted molar refractivity (Wildman–Crippen MR) is 121 cm³/mol. The van der Waals surface area contributed by atoms with Gasteiger partial charge in [0.05, 0.1) is 0 Å². The third-order valence-electron chi connectivity index (χ3n) is 4.45. The smallest absolute Gasteiger partial charge is 0.243 e. The van der Waals surface area contributed by atoms with Gasteiger partial charge in [-0.25, -0.2) is 0 Å². The molecule has 5 nitrogen and oxygen atoms in total. The summed E-state index contributed by atoms with van der Waals surface area (Å²) in [4.78, 5) is 38.4. The first-order valence-electron chi connectivity index (χ1n) is 9.67. The molecule has 1 atom stereocenters. The van der Waals surface area contributed by atoms with E-state index < -0.39 is 23.4 Å². The first-order valence-corrected chi connectivity index (χ1v) is 9.67. The van der Waals surface area contributed by atoms with Crippen LogP contribution in [0.3, 0.4) is 0 Å². The largest absolute Gasteiger partial charge is 0.508 e. The molecular weight excluding hydrogens is 390 g/mol. The summed E-state index contributed by atoms with van der Waals surface area (Å²) in [5.41, 5.74) is 1.93. The summed E-state index contributed by atoms with van der Waals surface area (Å²) in [6, 6.07) is 24.0. The van der Waals surface area contributed by atoms with Gasteiger partial charge in [-0.15, -0.1) is 0 Å². The van der Waals surface area contributed by atoms with Gasteiger partial charge in [-0.05, 0) is 47.5 Å². The topological polar surface area (TPSA) is 83.5 Å². The number of phenols is 1. The summed E-state index contributed by atoms with van der Waals surface area (Å²) in [7, 11) is 0. The van der Waals surface area contributed by atoms with E-state index in [-0.39, 0.29) is 5.75 Å². The Morgan fingerprint density at radius 3 is 1.71 bits per heavy atom. The van der Waals surface area contributed by atoms with Crippen LogP contribution in [0.15, 0.2) is 97.1 Å². The molecule has 154 valence electrons. The van der Waals surface area contributed by atoms with Crippen molar-refractivity contribution < 1.29 is 19.5 Å². The van der Waals surface area contributed by atoms with Crippen molar-refractivity contribution in [1.29, 1.82) is 0 Å². The molecule has 0 saturated carbocycles. The van der Waals surface area contributed by atoms with Crippen LogP contribution in [-0.4, -0.2) is 22.6 Å². The number of hydrogen-bond acceptors (Lipinski definition) is 4. The highest BCUT2D eigenvalue weighted by atomic mass is 16.3. The molecule has 0 aliphatic carbocycles. The highest BCUT2D eigenvalue weighted by molar-refractivity contribution is 6.28. The Balaban J connectivity index is 1.82.